The van der Waals surface area contributed by atoms with Crippen molar-refractivity contribution in [3.63, 3.8) is 0 Å². The predicted molar refractivity (Wildman–Crippen MR) is 86.1 cm³/mol. The Morgan fingerprint density at radius 2 is 1.90 bits per heavy atom. The number of fused-ring (bicyclic) bond motifs is 2. The van der Waals surface area contributed by atoms with Gasteiger partial charge in [0.1, 0.15) is 6.10 Å². The molecule has 0 aromatic heterocycles. The molecule has 2 unspecified atom stereocenters. The van der Waals surface area contributed by atoms with E-state index in [4.69, 9.17) is 16.3 Å². The summed E-state index contributed by atoms with van der Waals surface area (Å²) >= 11 is 6.07. The van der Waals surface area contributed by atoms with E-state index in [9.17, 15) is 4.79 Å². The fourth-order valence-corrected chi connectivity index (χ4v) is 3.69. The number of rotatable bonds is 3. The molecule has 0 N–H and O–H groups in total. The van der Waals surface area contributed by atoms with Gasteiger partial charge in [0.05, 0.1) is 6.42 Å². The first-order chi connectivity index (χ1) is 9.63. The monoisotopic (exact) mass is 329 g/mol. The number of esters is 1. The third-order valence-electron chi connectivity index (χ3n) is 4.65. The molecule has 3 nitrogen and oxygen atoms in total. The Labute approximate surface area is 137 Å². The van der Waals surface area contributed by atoms with Crippen LogP contribution in [0, 0.1) is 0 Å². The van der Waals surface area contributed by atoms with E-state index in [-0.39, 0.29) is 30.9 Å². The minimum Gasteiger partial charge on any atom is -0.462 e. The van der Waals surface area contributed by atoms with Crippen molar-refractivity contribution in [3.8, 4) is 0 Å². The number of carbonyl (C=O) groups excluding carboxylic acids is 1. The molecule has 0 radical (unpaired) electrons. The average molecular weight is 330 g/mol. The van der Waals surface area contributed by atoms with Gasteiger partial charge < -0.3 is 9.64 Å². The summed E-state index contributed by atoms with van der Waals surface area (Å²) in [5.74, 6) is -0.160. The predicted octanol–water partition coefficient (Wildman–Crippen LogP) is 3.47. The third kappa shape index (κ3) is 3.71. The topological polar surface area (TPSA) is 29.5 Å². The molecule has 1 aromatic rings. The lowest BCUT2D eigenvalue weighted by Crippen LogP contribution is -2.43. The molecular weight excluding hydrogens is 309 g/mol. The molecule has 0 saturated carbocycles. The Kier molecular flexibility index (Phi) is 5.53. The molecule has 0 amide bonds. The highest BCUT2D eigenvalue weighted by atomic mass is 35.5. The molecular formula is C16H21Cl2NO2. The number of halogens is 2. The minimum absolute atomic E-state index is 0. The minimum atomic E-state index is -0.160. The number of ether oxygens (including phenoxy) is 1. The Morgan fingerprint density at radius 1 is 1.29 bits per heavy atom. The van der Waals surface area contributed by atoms with Gasteiger partial charge in [-0.1, -0.05) is 29.8 Å². The van der Waals surface area contributed by atoms with Crippen LogP contribution in [-0.4, -0.2) is 36.1 Å². The number of nitrogens with zero attached hydrogens (tertiary/aromatic N) is 1. The molecule has 0 spiro atoms. The van der Waals surface area contributed by atoms with Gasteiger partial charge in [0.25, 0.3) is 0 Å². The van der Waals surface area contributed by atoms with E-state index in [1.165, 1.54) is 12.8 Å². The normalized spacial score (nSPS) is 28.0. The maximum Gasteiger partial charge on any atom is 0.310 e. The molecule has 2 aliphatic rings. The first-order valence-corrected chi connectivity index (χ1v) is 7.66. The van der Waals surface area contributed by atoms with Gasteiger partial charge in [0.15, 0.2) is 0 Å². The zero-order valence-corrected chi connectivity index (χ0v) is 13.7. The zero-order chi connectivity index (χ0) is 14.1. The van der Waals surface area contributed by atoms with Crippen molar-refractivity contribution in [1.29, 1.82) is 0 Å². The molecule has 2 aliphatic heterocycles. The van der Waals surface area contributed by atoms with Gasteiger partial charge in [0, 0.05) is 17.1 Å². The molecule has 21 heavy (non-hydrogen) atoms. The number of piperidine rings is 1. The van der Waals surface area contributed by atoms with Crippen LogP contribution in [0.15, 0.2) is 24.3 Å². The molecule has 2 fully saturated rings. The summed E-state index contributed by atoms with van der Waals surface area (Å²) in [5.41, 5.74) is 0.843. The smallest absolute Gasteiger partial charge is 0.310 e. The first kappa shape index (κ1) is 16.6. The summed E-state index contributed by atoms with van der Waals surface area (Å²) in [6, 6.07) is 8.62. The van der Waals surface area contributed by atoms with E-state index in [1.807, 2.05) is 18.2 Å². The highest BCUT2D eigenvalue weighted by molar-refractivity contribution is 6.31. The van der Waals surface area contributed by atoms with Crippen molar-refractivity contribution in [2.45, 2.75) is 50.3 Å². The van der Waals surface area contributed by atoms with E-state index in [0.717, 1.165) is 18.4 Å². The first-order valence-electron chi connectivity index (χ1n) is 7.28. The van der Waals surface area contributed by atoms with Crippen molar-refractivity contribution >= 4 is 30.0 Å². The third-order valence-corrected chi connectivity index (χ3v) is 5.01. The quantitative estimate of drug-likeness (QED) is 0.795. The number of benzene rings is 1. The standard InChI is InChI=1S/C16H20ClNO2.ClH/c1-18-12-6-7-13(18)10-14(9-12)20-16(19)8-11-4-2-3-5-15(11)17;/h2-5,12-14H,6-10H2,1H3;1H. The Bertz CT molecular complexity index is 495. The fourth-order valence-electron chi connectivity index (χ4n) is 3.48. The van der Waals surface area contributed by atoms with Crippen LogP contribution >= 0.6 is 24.0 Å². The van der Waals surface area contributed by atoms with Crippen LogP contribution in [0.2, 0.25) is 5.02 Å². The van der Waals surface area contributed by atoms with Gasteiger partial charge in [-0.3, -0.25) is 4.79 Å². The van der Waals surface area contributed by atoms with E-state index < -0.39 is 0 Å². The van der Waals surface area contributed by atoms with Gasteiger partial charge in [0.2, 0.25) is 0 Å². The lowest BCUT2D eigenvalue weighted by Gasteiger charge is -2.35. The second kappa shape index (κ2) is 6.99. The second-order valence-corrected chi connectivity index (χ2v) is 6.31. The molecule has 2 bridgehead atoms. The van der Waals surface area contributed by atoms with Crippen molar-refractivity contribution < 1.29 is 9.53 Å². The lowest BCUT2D eigenvalue weighted by atomic mass is 10.0. The second-order valence-electron chi connectivity index (χ2n) is 5.90. The van der Waals surface area contributed by atoms with E-state index in [0.29, 0.717) is 17.1 Å². The number of hydrogen-bond donors (Lipinski definition) is 0. The number of carbonyl (C=O) groups is 1. The average Bonchev–Trinajstić information content (AvgIpc) is 2.63. The Balaban J connectivity index is 0.00000161. The highest BCUT2D eigenvalue weighted by Crippen LogP contribution is 2.35. The maximum atomic E-state index is 12.1. The fraction of sp³-hybridized carbons (Fsp3) is 0.562. The Morgan fingerprint density at radius 3 is 2.52 bits per heavy atom. The molecule has 2 heterocycles. The van der Waals surface area contributed by atoms with Crippen LogP contribution in [0.1, 0.15) is 31.2 Å². The highest BCUT2D eigenvalue weighted by Gasteiger charge is 2.39. The molecule has 1 aromatic carbocycles. The molecule has 5 heteroatoms. The van der Waals surface area contributed by atoms with E-state index in [1.54, 1.807) is 6.07 Å². The summed E-state index contributed by atoms with van der Waals surface area (Å²) in [6.45, 7) is 0. The van der Waals surface area contributed by atoms with Crippen LogP contribution < -0.4 is 0 Å². The van der Waals surface area contributed by atoms with Gasteiger partial charge in [-0.15, -0.1) is 12.4 Å². The summed E-state index contributed by atoms with van der Waals surface area (Å²) in [4.78, 5) is 14.5. The number of hydrogen-bond acceptors (Lipinski definition) is 3. The summed E-state index contributed by atoms with van der Waals surface area (Å²) in [7, 11) is 2.18. The van der Waals surface area contributed by atoms with Crippen LogP contribution in [-0.2, 0) is 16.0 Å². The largest absolute Gasteiger partial charge is 0.462 e. The van der Waals surface area contributed by atoms with Crippen molar-refractivity contribution in [1.82, 2.24) is 4.90 Å². The van der Waals surface area contributed by atoms with Gasteiger partial charge in [-0.05, 0) is 44.4 Å². The van der Waals surface area contributed by atoms with Crippen LogP contribution in [0.25, 0.3) is 0 Å². The van der Waals surface area contributed by atoms with Crippen molar-refractivity contribution in [2.24, 2.45) is 0 Å². The molecule has 0 aliphatic carbocycles. The summed E-state index contributed by atoms with van der Waals surface area (Å²) in [5, 5.41) is 0.632. The van der Waals surface area contributed by atoms with Crippen LogP contribution in [0.3, 0.4) is 0 Å². The van der Waals surface area contributed by atoms with Gasteiger partial charge in [-0.2, -0.15) is 0 Å². The van der Waals surface area contributed by atoms with Crippen LogP contribution in [0.5, 0.6) is 0 Å². The maximum absolute atomic E-state index is 12.1. The van der Waals surface area contributed by atoms with E-state index >= 15 is 0 Å². The van der Waals surface area contributed by atoms with Gasteiger partial charge >= 0.3 is 5.97 Å². The molecule has 3 rings (SSSR count). The van der Waals surface area contributed by atoms with Crippen molar-refractivity contribution in [2.75, 3.05) is 7.05 Å². The summed E-state index contributed by atoms with van der Waals surface area (Å²) in [6.07, 6.45) is 4.77. The Hall–Kier alpha value is -0.770. The SMILES string of the molecule is CN1C2CCC1CC(OC(=O)Cc1ccccc1Cl)C2.Cl. The lowest BCUT2D eigenvalue weighted by molar-refractivity contribution is -0.151. The van der Waals surface area contributed by atoms with E-state index in [2.05, 4.69) is 11.9 Å². The molecule has 116 valence electrons. The summed E-state index contributed by atoms with van der Waals surface area (Å²) < 4.78 is 5.66. The van der Waals surface area contributed by atoms with Gasteiger partial charge in [-0.25, -0.2) is 0 Å². The van der Waals surface area contributed by atoms with Crippen LogP contribution in [0.4, 0.5) is 0 Å². The molecule has 2 saturated heterocycles. The van der Waals surface area contributed by atoms with Crippen molar-refractivity contribution in [3.05, 3.63) is 34.9 Å². The zero-order valence-electron chi connectivity index (χ0n) is 12.1. The molecule has 2 atom stereocenters.